The molecule has 0 aromatic heterocycles. The van der Waals surface area contributed by atoms with Gasteiger partial charge < -0.3 is 15.0 Å². The van der Waals surface area contributed by atoms with Crippen molar-refractivity contribution in [1.82, 2.24) is 4.90 Å². The minimum absolute atomic E-state index is 0.0305. The minimum atomic E-state index is -3.16. The van der Waals surface area contributed by atoms with Crippen LogP contribution >= 0.6 is 15.9 Å². The Morgan fingerprint density at radius 3 is 2.54 bits per heavy atom. The Hall–Kier alpha value is -1.45. The lowest BCUT2D eigenvalue weighted by molar-refractivity contribution is -0.144. The van der Waals surface area contributed by atoms with Gasteiger partial charge in [0, 0.05) is 29.9 Å². The average Bonchev–Trinajstić information content (AvgIpc) is 2.89. The zero-order chi connectivity index (χ0) is 17.7. The van der Waals surface area contributed by atoms with Crippen molar-refractivity contribution in [3.63, 3.8) is 0 Å². The number of ether oxygens (including phenoxy) is 1. The summed E-state index contributed by atoms with van der Waals surface area (Å²) in [5, 5.41) is 2.53. The van der Waals surface area contributed by atoms with Crippen molar-refractivity contribution >= 4 is 43.3 Å². The molecule has 1 heterocycles. The Bertz CT molecular complexity index is 705. The summed E-state index contributed by atoms with van der Waals surface area (Å²) in [5.41, 5.74) is 0.488. The van der Waals surface area contributed by atoms with Crippen LogP contribution in [0.2, 0.25) is 0 Å². The molecule has 0 bridgehead atoms. The van der Waals surface area contributed by atoms with Crippen LogP contribution < -0.4 is 5.32 Å². The van der Waals surface area contributed by atoms with E-state index in [2.05, 4.69) is 21.2 Å². The topological polar surface area (TPSA) is 92.8 Å². The number of nitrogens with one attached hydrogen (secondary N) is 1. The van der Waals surface area contributed by atoms with E-state index < -0.39 is 27.7 Å². The summed E-state index contributed by atoms with van der Waals surface area (Å²) < 4.78 is 29.1. The van der Waals surface area contributed by atoms with E-state index in [1.807, 2.05) is 0 Å². The maximum Gasteiger partial charge on any atom is 0.313 e. The molecule has 132 valence electrons. The first-order valence-electron chi connectivity index (χ1n) is 7.39. The number of rotatable bonds is 5. The normalized spacial score (nSPS) is 19.0. The predicted octanol–water partition coefficient (Wildman–Crippen LogP) is 1.05. The molecule has 9 heteroatoms. The maximum absolute atomic E-state index is 12.5. The van der Waals surface area contributed by atoms with Crippen LogP contribution in [0.4, 0.5) is 5.69 Å². The second kappa shape index (κ2) is 8.09. The van der Waals surface area contributed by atoms with Crippen molar-refractivity contribution in [3.8, 4) is 0 Å². The first-order chi connectivity index (χ1) is 11.3. The number of methoxy groups -OCH3 is 1. The van der Waals surface area contributed by atoms with E-state index in [0.29, 0.717) is 12.1 Å². The lowest BCUT2D eigenvalue weighted by Gasteiger charge is -2.27. The van der Waals surface area contributed by atoms with Crippen molar-refractivity contribution < 1.29 is 22.7 Å². The fourth-order valence-electron chi connectivity index (χ4n) is 2.51. The molecule has 0 radical (unpaired) electrons. The Morgan fingerprint density at radius 1 is 1.33 bits per heavy atom. The molecule has 1 aromatic carbocycles. The van der Waals surface area contributed by atoms with Gasteiger partial charge in [0.15, 0.2) is 9.84 Å². The quantitative estimate of drug-likeness (QED) is 0.721. The van der Waals surface area contributed by atoms with Gasteiger partial charge in [-0.1, -0.05) is 15.9 Å². The van der Waals surface area contributed by atoms with Crippen molar-refractivity contribution in [3.05, 3.63) is 28.7 Å². The summed E-state index contributed by atoms with van der Waals surface area (Å²) in [5.74, 6) is -1.63. The van der Waals surface area contributed by atoms with Crippen LogP contribution in [-0.2, 0) is 24.2 Å². The average molecular weight is 419 g/mol. The highest BCUT2D eigenvalue weighted by Gasteiger charge is 2.36. The van der Waals surface area contributed by atoms with Crippen LogP contribution in [-0.4, -0.2) is 62.9 Å². The lowest BCUT2D eigenvalue weighted by Crippen LogP contribution is -2.47. The van der Waals surface area contributed by atoms with Crippen LogP contribution in [0.15, 0.2) is 28.7 Å². The molecule has 1 aliphatic rings. The van der Waals surface area contributed by atoms with Gasteiger partial charge in [0.05, 0.1) is 18.1 Å². The number of anilines is 1. The maximum atomic E-state index is 12.5. The molecule has 7 nitrogen and oxygen atoms in total. The van der Waals surface area contributed by atoms with Gasteiger partial charge in [-0.3, -0.25) is 9.59 Å². The molecule has 1 N–H and O–H groups in total. The van der Waals surface area contributed by atoms with Gasteiger partial charge in [0.1, 0.15) is 0 Å². The van der Waals surface area contributed by atoms with Crippen molar-refractivity contribution in [1.29, 1.82) is 0 Å². The summed E-state index contributed by atoms with van der Waals surface area (Å²) in [4.78, 5) is 26.0. The van der Waals surface area contributed by atoms with Gasteiger partial charge in [0.2, 0.25) is 0 Å². The molecule has 1 unspecified atom stereocenters. The predicted molar refractivity (Wildman–Crippen MR) is 93.4 cm³/mol. The van der Waals surface area contributed by atoms with Crippen LogP contribution in [0.5, 0.6) is 0 Å². The molecule has 0 spiro atoms. The van der Waals surface area contributed by atoms with Crippen molar-refractivity contribution in [2.24, 2.45) is 0 Å². The zero-order valence-corrected chi connectivity index (χ0v) is 15.6. The number of hydrogen-bond donors (Lipinski definition) is 1. The molecule has 0 aliphatic carbocycles. The van der Waals surface area contributed by atoms with Crippen LogP contribution in [0, 0.1) is 0 Å². The number of carbonyl (C=O) groups is 2. The lowest BCUT2D eigenvalue weighted by atomic mass is 10.2. The Morgan fingerprint density at radius 2 is 2.00 bits per heavy atom. The van der Waals surface area contributed by atoms with Crippen molar-refractivity contribution in [2.75, 3.05) is 37.1 Å². The number of sulfone groups is 1. The Balaban J connectivity index is 2.08. The number of benzene rings is 1. The van der Waals surface area contributed by atoms with Crippen LogP contribution in [0.1, 0.15) is 6.42 Å². The van der Waals surface area contributed by atoms with Gasteiger partial charge in [-0.15, -0.1) is 0 Å². The Labute approximate surface area is 149 Å². The Kier molecular flexibility index (Phi) is 6.36. The van der Waals surface area contributed by atoms with Gasteiger partial charge in [-0.2, -0.15) is 0 Å². The minimum Gasteiger partial charge on any atom is -0.383 e. The SMILES string of the molecule is COCCN(C(=O)C(=O)Nc1ccc(Br)cc1)C1CCS(=O)(=O)C1. The van der Waals surface area contributed by atoms with Crippen LogP contribution in [0.25, 0.3) is 0 Å². The summed E-state index contributed by atoms with van der Waals surface area (Å²) in [6.07, 6.45) is 0.337. The number of halogens is 1. The highest BCUT2D eigenvalue weighted by Crippen LogP contribution is 2.19. The van der Waals surface area contributed by atoms with Gasteiger partial charge in [-0.05, 0) is 30.7 Å². The van der Waals surface area contributed by atoms with E-state index in [0.717, 1.165) is 4.47 Å². The van der Waals surface area contributed by atoms with E-state index in [-0.39, 0.29) is 24.7 Å². The third-order valence-corrected chi connectivity index (χ3v) is 6.02. The summed E-state index contributed by atoms with van der Waals surface area (Å²) in [6, 6.07) is 6.32. The molecule has 1 aromatic rings. The van der Waals surface area contributed by atoms with E-state index in [1.54, 1.807) is 24.3 Å². The van der Waals surface area contributed by atoms with E-state index in [9.17, 15) is 18.0 Å². The molecule has 2 amide bonds. The van der Waals surface area contributed by atoms with Crippen LogP contribution in [0.3, 0.4) is 0 Å². The second-order valence-electron chi connectivity index (χ2n) is 5.51. The smallest absolute Gasteiger partial charge is 0.313 e. The summed E-state index contributed by atoms with van der Waals surface area (Å²) in [6.45, 7) is 0.400. The van der Waals surface area contributed by atoms with Crippen molar-refractivity contribution in [2.45, 2.75) is 12.5 Å². The van der Waals surface area contributed by atoms with E-state index in [4.69, 9.17) is 4.74 Å². The van der Waals surface area contributed by atoms with E-state index >= 15 is 0 Å². The van der Waals surface area contributed by atoms with E-state index in [1.165, 1.54) is 12.0 Å². The monoisotopic (exact) mass is 418 g/mol. The van der Waals surface area contributed by atoms with Gasteiger partial charge in [-0.25, -0.2) is 8.42 Å². The highest BCUT2D eigenvalue weighted by atomic mass is 79.9. The summed E-state index contributed by atoms with van der Waals surface area (Å²) in [7, 11) is -1.68. The first kappa shape index (κ1) is 18.9. The number of carbonyl (C=O) groups excluding carboxylic acids is 2. The molecule has 24 heavy (non-hydrogen) atoms. The molecule has 1 atom stereocenters. The zero-order valence-electron chi connectivity index (χ0n) is 13.2. The fraction of sp³-hybridized carbons (Fsp3) is 0.467. The molecule has 1 aliphatic heterocycles. The first-order valence-corrected chi connectivity index (χ1v) is 10.0. The molecule has 2 rings (SSSR count). The number of hydrogen-bond acceptors (Lipinski definition) is 5. The molecular formula is C15H19BrN2O5S. The second-order valence-corrected chi connectivity index (χ2v) is 8.65. The van der Waals surface area contributed by atoms with Gasteiger partial charge >= 0.3 is 11.8 Å². The standard InChI is InChI=1S/C15H19BrN2O5S/c1-23-8-7-18(13-6-9-24(21,22)10-13)15(20)14(19)17-12-4-2-11(16)3-5-12/h2-5,13H,6-10H2,1H3,(H,17,19). The molecule has 1 saturated heterocycles. The fourth-order valence-corrected chi connectivity index (χ4v) is 4.50. The van der Waals surface area contributed by atoms with Gasteiger partial charge in [0.25, 0.3) is 0 Å². The highest BCUT2D eigenvalue weighted by molar-refractivity contribution is 9.10. The number of nitrogens with zero attached hydrogens (tertiary/aromatic N) is 1. The number of amides is 2. The third kappa shape index (κ3) is 5.02. The molecular weight excluding hydrogens is 400 g/mol. The molecule has 0 saturated carbocycles. The third-order valence-electron chi connectivity index (χ3n) is 3.74. The largest absolute Gasteiger partial charge is 0.383 e. The summed E-state index contributed by atoms with van der Waals surface area (Å²) >= 11 is 3.29. The molecule has 1 fully saturated rings.